The Bertz CT molecular complexity index is 1070. The van der Waals surface area contributed by atoms with Crippen LogP contribution in [0, 0.1) is 11.8 Å². The van der Waals surface area contributed by atoms with Crippen LogP contribution in [0.5, 0.6) is 11.5 Å². The molecule has 1 fully saturated rings. The van der Waals surface area contributed by atoms with Gasteiger partial charge in [0.2, 0.25) is 5.91 Å². The molecule has 0 unspecified atom stereocenters. The summed E-state index contributed by atoms with van der Waals surface area (Å²) in [7, 11) is 3.71. The number of carbonyl (C=O) groups is 2. The molecule has 2 aliphatic rings. The van der Waals surface area contributed by atoms with Gasteiger partial charge in [0.25, 0.3) is 5.91 Å². The van der Waals surface area contributed by atoms with Gasteiger partial charge >= 0.3 is 0 Å². The number of carbonyl (C=O) groups excluding carboxylic acids is 2. The van der Waals surface area contributed by atoms with E-state index < -0.39 is 0 Å². The number of anilines is 1. The number of ether oxygens (including phenoxy) is 2. The zero-order valence-corrected chi connectivity index (χ0v) is 21.6. The number of rotatable bonds is 9. The van der Waals surface area contributed by atoms with Crippen LogP contribution in [0.15, 0.2) is 42.5 Å². The van der Waals surface area contributed by atoms with Crippen molar-refractivity contribution < 1.29 is 24.2 Å². The first-order valence-corrected chi connectivity index (χ1v) is 12.6. The van der Waals surface area contributed by atoms with Crippen LogP contribution in [-0.2, 0) is 11.3 Å². The number of nitrogens with one attached hydrogen (secondary N) is 1. The summed E-state index contributed by atoms with van der Waals surface area (Å²) in [4.78, 5) is 29.8. The fraction of sp³-hybridized carbons (Fsp3) is 0.500. The van der Waals surface area contributed by atoms with Crippen molar-refractivity contribution in [1.82, 2.24) is 9.80 Å². The van der Waals surface area contributed by atoms with Crippen LogP contribution in [0.4, 0.5) is 5.69 Å². The number of nitrogens with zero attached hydrogens (tertiary/aromatic N) is 2. The number of likely N-dealkylation sites (N-methyl/N-ethyl adjacent to an activating group) is 1. The van der Waals surface area contributed by atoms with Gasteiger partial charge in [-0.25, -0.2) is 0 Å². The smallest absolute Gasteiger partial charge is 0.258 e. The van der Waals surface area contributed by atoms with Gasteiger partial charge in [-0.2, -0.15) is 0 Å². The molecule has 2 aromatic rings. The van der Waals surface area contributed by atoms with Gasteiger partial charge in [-0.05, 0) is 62.7 Å². The molecule has 0 saturated heterocycles. The minimum Gasteiger partial charge on any atom is -0.497 e. The van der Waals surface area contributed by atoms with Crippen LogP contribution in [-0.4, -0.2) is 72.7 Å². The highest BCUT2D eigenvalue weighted by atomic mass is 16.5. The van der Waals surface area contributed by atoms with Crippen LogP contribution < -0.4 is 14.8 Å². The predicted octanol–water partition coefficient (Wildman–Crippen LogP) is 3.40. The van der Waals surface area contributed by atoms with Gasteiger partial charge in [0, 0.05) is 37.2 Å². The fourth-order valence-electron chi connectivity index (χ4n) is 4.52. The third kappa shape index (κ3) is 6.17. The molecule has 2 amide bonds. The SMILES string of the molecule is COc1ccc(CN(C)C[C@H]2Oc3ccc(NC(=O)C4CC4)cc3C(=O)N([C@@H](C)CO)C[C@@H]2C)cc1. The summed E-state index contributed by atoms with van der Waals surface area (Å²) < 4.78 is 11.7. The Morgan fingerprint density at radius 2 is 1.97 bits per heavy atom. The molecule has 2 aromatic carbocycles. The lowest BCUT2D eigenvalue weighted by Gasteiger charge is -2.38. The first-order valence-electron chi connectivity index (χ1n) is 12.6. The molecule has 1 aliphatic carbocycles. The molecular formula is C28H37N3O5. The largest absolute Gasteiger partial charge is 0.497 e. The van der Waals surface area contributed by atoms with Crippen LogP contribution in [0.25, 0.3) is 0 Å². The molecule has 8 heteroatoms. The van der Waals surface area contributed by atoms with Crippen molar-refractivity contribution in [3.63, 3.8) is 0 Å². The topological polar surface area (TPSA) is 91.3 Å². The summed E-state index contributed by atoms with van der Waals surface area (Å²) in [6.07, 6.45) is 1.63. The zero-order valence-electron chi connectivity index (χ0n) is 21.6. The first kappa shape index (κ1) is 26.0. The second-order valence-electron chi connectivity index (χ2n) is 10.1. The summed E-state index contributed by atoms with van der Waals surface area (Å²) >= 11 is 0. The zero-order chi connectivity index (χ0) is 25.8. The summed E-state index contributed by atoms with van der Waals surface area (Å²) in [5.74, 6) is 1.20. The molecule has 1 aliphatic heterocycles. The normalized spacial score (nSPS) is 20.7. The molecule has 2 N–H and O–H groups in total. The van der Waals surface area contributed by atoms with E-state index in [1.54, 1.807) is 30.2 Å². The van der Waals surface area contributed by atoms with E-state index in [9.17, 15) is 14.7 Å². The van der Waals surface area contributed by atoms with Gasteiger partial charge in [-0.15, -0.1) is 0 Å². The lowest BCUT2D eigenvalue weighted by Crippen LogP contribution is -2.49. The molecule has 1 heterocycles. The molecule has 3 atom stereocenters. The quantitative estimate of drug-likeness (QED) is 0.554. The summed E-state index contributed by atoms with van der Waals surface area (Å²) in [6, 6.07) is 12.9. The minimum atomic E-state index is -0.340. The Kier molecular flexibility index (Phi) is 8.16. The number of amides is 2. The predicted molar refractivity (Wildman–Crippen MR) is 138 cm³/mol. The Balaban J connectivity index is 1.56. The Morgan fingerprint density at radius 3 is 2.61 bits per heavy atom. The molecule has 36 heavy (non-hydrogen) atoms. The number of hydrogen-bond donors (Lipinski definition) is 2. The maximum atomic E-state index is 13.5. The average Bonchev–Trinajstić information content (AvgIpc) is 3.72. The minimum absolute atomic E-state index is 0.0126. The van der Waals surface area contributed by atoms with Crippen molar-refractivity contribution >= 4 is 17.5 Å². The Hall–Kier alpha value is -3.10. The molecule has 4 rings (SSSR count). The molecular weight excluding hydrogens is 458 g/mol. The average molecular weight is 496 g/mol. The number of aliphatic hydroxyl groups excluding tert-OH is 1. The standard InChI is InChI=1S/C28H37N3O5/c1-18-14-31(19(2)17-32)28(34)24-13-22(29-27(33)21-7-8-21)9-12-25(24)36-26(18)16-30(3)15-20-5-10-23(35-4)11-6-20/h5-6,9-13,18-19,21,26,32H,7-8,14-17H2,1-4H3,(H,29,33)/t18-,19-,26+/m0/s1. The van der Waals surface area contributed by atoms with Crippen LogP contribution >= 0.6 is 0 Å². The molecule has 0 bridgehead atoms. The highest BCUT2D eigenvalue weighted by Crippen LogP contribution is 2.33. The van der Waals surface area contributed by atoms with Crippen molar-refractivity contribution in [2.45, 2.75) is 45.4 Å². The van der Waals surface area contributed by atoms with Gasteiger partial charge in [0.1, 0.15) is 17.6 Å². The molecule has 0 spiro atoms. The maximum absolute atomic E-state index is 13.5. The lowest BCUT2D eigenvalue weighted by atomic mass is 9.99. The first-order chi connectivity index (χ1) is 17.3. The molecule has 8 nitrogen and oxygen atoms in total. The number of methoxy groups -OCH3 is 1. The van der Waals surface area contributed by atoms with E-state index >= 15 is 0 Å². The van der Waals surface area contributed by atoms with Gasteiger partial charge in [-0.1, -0.05) is 19.1 Å². The van der Waals surface area contributed by atoms with E-state index in [-0.39, 0.29) is 42.4 Å². The fourth-order valence-corrected chi connectivity index (χ4v) is 4.52. The highest BCUT2D eigenvalue weighted by Gasteiger charge is 2.34. The van der Waals surface area contributed by atoms with Crippen LogP contribution in [0.2, 0.25) is 0 Å². The van der Waals surface area contributed by atoms with Crippen molar-refractivity contribution in [2.24, 2.45) is 11.8 Å². The second kappa shape index (κ2) is 11.3. The number of aliphatic hydroxyl groups is 1. The number of benzene rings is 2. The highest BCUT2D eigenvalue weighted by molar-refractivity contribution is 6.00. The van der Waals surface area contributed by atoms with Crippen molar-refractivity contribution in [3.8, 4) is 11.5 Å². The van der Waals surface area contributed by atoms with Crippen molar-refractivity contribution in [2.75, 3.05) is 39.2 Å². The maximum Gasteiger partial charge on any atom is 0.258 e. The van der Waals surface area contributed by atoms with Gasteiger partial charge in [-0.3, -0.25) is 14.5 Å². The van der Waals surface area contributed by atoms with Crippen molar-refractivity contribution in [3.05, 3.63) is 53.6 Å². The number of fused-ring (bicyclic) bond motifs is 1. The van der Waals surface area contributed by atoms with E-state index in [1.807, 2.05) is 31.2 Å². The Morgan fingerprint density at radius 1 is 1.25 bits per heavy atom. The number of hydrogen-bond acceptors (Lipinski definition) is 6. The van der Waals surface area contributed by atoms with Crippen molar-refractivity contribution in [1.29, 1.82) is 0 Å². The molecule has 1 saturated carbocycles. The molecule has 0 aromatic heterocycles. The van der Waals surface area contributed by atoms with E-state index in [0.29, 0.717) is 30.1 Å². The second-order valence-corrected chi connectivity index (χ2v) is 10.1. The van der Waals surface area contributed by atoms with Crippen LogP contribution in [0.1, 0.15) is 42.6 Å². The van der Waals surface area contributed by atoms with E-state index in [2.05, 4.69) is 24.2 Å². The van der Waals surface area contributed by atoms with E-state index in [0.717, 1.165) is 25.1 Å². The van der Waals surface area contributed by atoms with E-state index in [1.165, 1.54) is 5.56 Å². The summed E-state index contributed by atoms with van der Waals surface area (Å²) in [6.45, 7) is 5.64. The van der Waals surface area contributed by atoms with E-state index in [4.69, 9.17) is 9.47 Å². The summed E-state index contributed by atoms with van der Waals surface area (Å²) in [5, 5.41) is 12.8. The summed E-state index contributed by atoms with van der Waals surface area (Å²) in [5.41, 5.74) is 2.15. The molecule has 0 radical (unpaired) electrons. The third-order valence-electron chi connectivity index (χ3n) is 6.98. The van der Waals surface area contributed by atoms with Gasteiger partial charge < -0.3 is 24.8 Å². The Labute approximate surface area is 213 Å². The third-order valence-corrected chi connectivity index (χ3v) is 6.98. The molecule has 194 valence electrons. The lowest BCUT2D eigenvalue weighted by molar-refractivity contribution is -0.117. The van der Waals surface area contributed by atoms with Gasteiger partial charge in [0.05, 0.1) is 25.3 Å². The van der Waals surface area contributed by atoms with Crippen LogP contribution in [0.3, 0.4) is 0 Å². The monoisotopic (exact) mass is 495 g/mol. The van der Waals surface area contributed by atoms with Gasteiger partial charge in [0.15, 0.2) is 0 Å².